The van der Waals surface area contributed by atoms with Crippen LogP contribution in [0.4, 0.5) is 0 Å². The quantitative estimate of drug-likeness (QED) is 0.780. The van der Waals surface area contributed by atoms with Crippen molar-refractivity contribution >= 4 is 0 Å². The maximum Gasteiger partial charge on any atom is 0.343 e. The third-order valence-electron chi connectivity index (χ3n) is 2.60. The molecule has 0 fully saturated rings. The lowest BCUT2D eigenvalue weighted by molar-refractivity contribution is 0.654. The van der Waals surface area contributed by atoms with Gasteiger partial charge in [0.2, 0.25) is 0 Å². The highest BCUT2D eigenvalue weighted by atomic mass is 16.1. The molecule has 0 aliphatic rings. The first-order chi connectivity index (χ1) is 7.68. The van der Waals surface area contributed by atoms with Crippen molar-refractivity contribution in [3.05, 3.63) is 52.2 Å². The number of nitrogens with one attached hydrogen (secondary N) is 1. The van der Waals surface area contributed by atoms with Crippen molar-refractivity contribution < 1.29 is 0 Å². The highest BCUT2D eigenvalue weighted by molar-refractivity contribution is 5.19. The van der Waals surface area contributed by atoms with Crippen LogP contribution >= 0.6 is 0 Å². The number of aromatic nitrogens is 3. The molecule has 16 heavy (non-hydrogen) atoms. The summed E-state index contributed by atoms with van der Waals surface area (Å²) in [5, 5.41) is 6.32. The van der Waals surface area contributed by atoms with Gasteiger partial charge in [-0.2, -0.15) is 5.10 Å². The molecule has 1 atom stereocenters. The zero-order valence-electron chi connectivity index (χ0n) is 9.05. The molecule has 0 amide bonds. The Hall–Kier alpha value is -1.88. The largest absolute Gasteiger partial charge is 0.343 e. The van der Waals surface area contributed by atoms with Gasteiger partial charge in [0.25, 0.3) is 0 Å². The molecular formula is C11H14N4O. The first-order valence-corrected chi connectivity index (χ1v) is 5.09. The lowest BCUT2D eigenvalue weighted by Gasteiger charge is -2.10. The standard InChI is InChI=1S/C11H14N4O/c1-15-10(13-14-11(15)16)7-9(12)8-5-3-2-4-6-8/h2-6,9H,7,12H2,1H3,(H,14,16). The third-order valence-corrected chi connectivity index (χ3v) is 2.60. The molecule has 1 aromatic heterocycles. The smallest absolute Gasteiger partial charge is 0.324 e. The van der Waals surface area contributed by atoms with Crippen LogP contribution in [0.1, 0.15) is 17.4 Å². The molecule has 2 rings (SSSR count). The van der Waals surface area contributed by atoms with Crippen molar-refractivity contribution in [2.24, 2.45) is 12.8 Å². The molecule has 0 bridgehead atoms. The molecule has 0 radical (unpaired) electrons. The van der Waals surface area contributed by atoms with E-state index in [9.17, 15) is 4.79 Å². The number of rotatable bonds is 3. The Morgan fingerprint density at radius 3 is 2.69 bits per heavy atom. The van der Waals surface area contributed by atoms with Crippen molar-refractivity contribution in [2.75, 3.05) is 0 Å². The minimum absolute atomic E-state index is 0.143. The summed E-state index contributed by atoms with van der Waals surface area (Å²) in [7, 11) is 1.68. The Balaban J connectivity index is 2.17. The minimum Gasteiger partial charge on any atom is -0.324 e. The zero-order valence-corrected chi connectivity index (χ0v) is 9.05. The summed E-state index contributed by atoms with van der Waals surface area (Å²) in [5.41, 5.74) is 6.86. The van der Waals surface area contributed by atoms with Crippen molar-refractivity contribution in [1.29, 1.82) is 0 Å². The average molecular weight is 218 g/mol. The van der Waals surface area contributed by atoms with E-state index in [0.29, 0.717) is 12.2 Å². The fourth-order valence-electron chi connectivity index (χ4n) is 1.58. The topological polar surface area (TPSA) is 76.7 Å². The van der Waals surface area contributed by atoms with Gasteiger partial charge in [-0.15, -0.1) is 0 Å². The van der Waals surface area contributed by atoms with Crippen LogP contribution in [-0.4, -0.2) is 14.8 Å². The summed E-state index contributed by atoms with van der Waals surface area (Å²) < 4.78 is 1.48. The van der Waals surface area contributed by atoms with Gasteiger partial charge in [0.15, 0.2) is 0 Å². The Kier molecular flexibility index (Phi) is 2.87. The summed E-state index contributed by atoms with van der Waals surface area (Å²) >= 11 is 0. The van der Waals surface area contributed by atoms with E-state index in [1.165, 1.54) is 4.57 Å². The van der Waals surface area contributed by atoms with Crippen LogP contribution in [-0.2, 0) is 13.5 Å². The van der Waals surface area contributed by atoms with Crippen molar-refractivity contribution in [3.8, 4) is 0 Å². The second-order valence-electron chi connectivity index (χ2n) is 3.73. The monoisotopic (exact) mass is 218 g/mol. The van der Waals surface area contributed by atoms with Crippen molar-refractivity contribution in [3.63, 3.8) is 0 Å². The molecule has 0 aliphatic carbocycles. The van der Waals surface area contributed by atoms with Crippen LogP contribution in [0.25, 0.3) is 0 Å². The Morgan fingerprint density at radius 1 is 1.44 bits per heavy atom. The normalized spacial score (nSPS) is 12.6. The first kappa shape index (κ1) is 10.6. The molecular weight excluding hydrogens is 204 g/mol. The van der Waals surface area contributed by atoms with E-state index in [0.717, 1.165) is 5.56 Å². The van der Waals surface area contributed by atoms with Crippen LogP contribution in [0.5, 0.6) is 0 Å². The molecule has 5 heteroatoms. The van der Waals surface area contributed by atoms with Crippen LogP contribution in [0.15, 0.2) is 35.1 Å². The molecule has 0 aliphatic heterocycles. The zero-order chi connectivity index (χ0) is 11.5. The number of nitrogens with zero attached hydrogens (tertiary/aromatic N) is 2. The van der Waals surface area contributed by atoms with Gasteiger partial charge in [-0.1, -0.05) is 30.3 Å². The molecule has 84 valence electrons. The van der Waals surface area contributed by atoms with Crippen LogP contribution in [0.2, 0.25) is 0 Å². The van der Waals surface area contributed by atoms with E-state index in [1.807, 2.05) is 30.3 Å². The summed E-state index contributed by atoms with van der Waals surface area (Å²) in [5.74, 6) is 0.668. The molecule has 3 N–H and O–H groups in total. The third kappa shape index (κ3) is 2.04. The highest BCUT2D eigenvalue weighted by Crippen LogP contribution is 2.13. The fourth-order valence-corrected chi connectivity index (χ4v) is 1.58. The SMILES string of the molecule is Cn1c(CC(N)c2ccccc2)n[nH]c1=O. The van der Waals surface area contributed by atoms with Crippen LogP contribution < -0.4 is 11.4 Å². The van der Waals surface area contributed by atoms with E-state index in [4.69, 9.17) is 5.73 Å². The minimum atomic E-state index is -0.213. The molecule has 1 heterocycles. The predicted molar refractivity (Wildman–Crippen MR) is 60.9 cm³/mol. The summed E-state index contributed by atoms with van der Waals surface area (Å²) in [6, 6.07) is 9.62. The molecule has 1 aromatic carbocycles. The van der Waals surface area contributed by atoms with Crippen molar-refractivity contribution in [2.45, 2.75) is 12.5 Å². The second kappa shape index (κ2) is 4.32. The summed E-state index contributed by atoms with van der Waals surface area (Å²) in [6.45, 7) is 0. The van der Waals surface area contributed by atoms with E-state index in [-0.39, 0.29) is 11.7 Å². The number of hydrogen-bond donors (Lipinski definition) is 2. The maximum absolute atomic E-state index is 11.2. The van der Waals surface area contributed by atoms with Crippen molar-refractivity contribution in [1.82, 2.24) is 14.8 Å². The van der Waals surface area contributed by atoms with E-state index in [1.54, 1.807) is 7.05 Å². The van der Waals surface area contributed by atoms with Gasteiger partial charge < -0.3 is 5.73 Å². The summed E-state index contributed by atoms with van der Waals surface area (Å²) in [6.07, 6.45) is 0.541. The van der Waals surface area contributed by atoms with Gasteiger partial charge in [0, 0.05) is 19.5 Å². The molecule has 1 unspecified atom stereocenters. The van der Waals surface area contributed by atoms with Gasteiger partial charge in [-0.3, -0.25) is 4.57 Å². The van der Waals surface area contributed by atoms with E-state index in [2.05, 4.69) is 10.2 Å². The van der Waals surface area contributed by atoms with Gasteiger partial charge in [-0.25, -0.2) is 9.89 Å². The fraction of sp³-hybridized carbons (Fsp3) is 0.273. The molecule has 0 saturated carbocycles. The number of H-pyrrole nitrogens is 1. The predicted octanol–water partition coefficient (Wildman–Crippen LogP) is 0.351. The van der Waals surface area contributed by atoms with Gasteiger partial charge >= 0.3 is 5.69 Å². The average Bonchev–Trinajstić information content (AvgIpc) is 2.62. The molecule has 2 aromatic rings. The number of aromatic amines is 1. The Morgan fingerprint density at radius 2 is 2.12 bits per heavy atom. The molecule has 0 spiro atoms. The van der Waals surface area contributed by atoms with Crippen LogP contribution in [0.3, 0.4) is 0 Å². The summed E-state index contributed by atoms with van der Waals surface area (Å²) in [4.78, 5) is 11.2. The maximum atomic E-state index is 11.2. The lowest BCUT2D eigenvalue weighted by Crippen LogP contribution is -2.19. The molecule has 5 nitrogen and oxygen atoms in total. The highest BCUT2D eigenvalue weighted by Gasteiger charge is 2.11. The number of nitrogens with two attached hydrogens (primary N) is 1. The Labute approximate surface area is 92.9 Å². The second-order valence-corrected chi connectivity index (χ2v) is 3.73. The van der Waals surface area contributed by atoms with Gasteiger partial charge in [0.05, 0.1) is 0 Å². The first-order valence-electron chi connectivity index (χ1n) is 5.09. The van der Waals surface area contributed by atoms with E-state index < -0.39 is 0 Å². The van der Waals surface area contributed by atoms with Gasteiger partial charge in [-0.05, 0) is 5.56 Å². The van der Waals surface area contributed by atoms with Crippen LogP contribution in [0, 0.1) is 0 Å². The number of benzene rings is 1. The van der Waals surface area contributed by atoms with Gasteiger partial charge in [0.1, 0.15) is 5.82 Å². The lowest BCUT2D eigenvalue weighted by atomic mass is 10.0. The molecule has 0 saturated heterocycles. The Bertz CT molecular complexity index is 514. The number of hydrogen-bond acceptors (Lipinski definition) is 3. The van der Waals surface area contributed by atoms with E-state index >= 15 is 0 Å².